The fourth-order valence-corrected chi connectivity index (χ4v) is 4.16. The summed E-state index contributed by atoms with van der Waals surface area (Å²) in [5.74, 6) is 1.50. The van der Waals surface area contributed by atoms with Gasteiger partial charge in [-0.15, -0.1) is 0 Å². The number of amides is 1. The molecule has 0 saturated heterocycles. The van der Waals surface area contributed by atoms with E-state index < -0.39 is 0 Å². The highest BCUT2D eigenvalue weighted by atomic mass is 32.2. The Labute approximate surface area is 153 Å². The van der Waals surface area contributed by atoms with Crippen LogP contribution >= 0.6 is 11.8 Å². The lowest BCUT2D eigenvalue weighted by Crippen LogP contribution is -2.37. The maximum absolute atomic E-state index is 13.0. The van der Waals surface area contributed by atoms with Gasteiger partial charge >= 0.3 is 0 Å². The van der Waals surface area contributed by atoms with Gasteiger partial charge in [0.1, 0.15) is 10.8 Å². The molecule has 0 bridgehead atoms. The summed E-state index contributed by atoms with van der Waals surface area (Å²) < 4.78 is 5.10. The van der Waals surface area contributed by atoms with Gasteiger partial charge in [0.25, 0.3) is 5.91 Å². The van der Waals surface area contributed by atoms with E-state index in [1.165, 1.54) is 37.4 Å². The van der Waals surface area contributed by atoms with E-state index in [9.17, 15) is 4.79 Å². The van der Waals surface area contributed by atoms with Crippen LogP contribution < -0.4 is 0 Å². The Morgan fingerprint density at radius 1 is 1.32 bits per heavy atom. The quantitative estimate of drug-likeness (QED) is 0.582. The van der Waals surface area contributed by atoms with Crippen molar-refractivity contribution in [1.82, 2.24) is 15.0 Å². The molecule has 0 aromatic carbocycles. The first-order chi connectivity index (χ1) is 12.1. The smallest absolute Gasteiger partial charge is 0.256 e. The third kappa shape index (κ3) is 4.63. The Hall–Kier alpha value is -1.82. The summed E-state index contributed by atoms with van der Waals surface area (Å²) in [5, 5.41) is 4.76. The van der Waals surface area contributed by atoms with Crippen molar-refractivity contribution >= 4 is 17.7 Å². The van der Waals surface area contributed by atoms with Crippen LogP contribution in [0, 0.1) is 6.92 Å². The first-order valence-corrected chi connectivity index (χ1v) is 9.91. The minimum absolute atomic E-state index is 0.0684. The van der Waals surface area contributed by atoms with Crippen LogP contribution in [0.4, 0.5) is 0 Å². The van der Waals surface area contributed by atoms with Crippen LogP contribution in [-0.4, -0.2) is 34.0 Å². The number of aromatic nitrogens is 2. The number of hydrogen-bond acceptors (Lipinski definition) is 5. The van der Waals surface area contributed by atoms with Crippen molar-refractivity contribution in [1.29, 1.82) is 0 Å². The second-order valence-electron chi connectivity index (χ2n) is 6.64. The maximum Gasteiger partial charge on any atom is 0.256 e. The van der Waals surface area contributed by atoms with Crippen molar-refractivity contribution < 1.29 is 9.32 Å². The minimum atomic E-state index is 0.0684. The normalized spacial score (nSPS) is 15.8. The molecule has 0 N–H and O–H groups in total. The van der Waals surface area contributed by atoms with Gasteiger partial charge in [0.05, 0.1) is 11.3 Å². The van der Waals surface area contributed by atoms with Gasteiger partial charge in [0.2, 0.25) is 0 Å². The Kier molecular flexibility index (Phi) is 6.13. The van der Waals surface area contributed by atoms with Crippen molar-refractivity contribution in [3.63, 3.8) is 0 Å². The Balaban J connectivity index is 1.71. The van der Waals surface area contributed by atoms with E-state index >= 15 is 0 Å². The third-order valence-corrected chi connectivity index (χ3v) is 5.77. The number of carbonyl (C=O) groups excluding carboxylic acids is 1. The predicted octanol–water partition coefficient (Wildman–Crippen LogP) is 4.47. The number of hydrogen-bond donors (Lipinski definition) is 0. The zero-order valence-corrected chi connectivity index (χ0v) is 15.7. The van der Waals surface area contributed by atoms with E-state index in [1.807, 2.05) is 37.1 Å². The molecule has 2 aromatic heterocycles. The highest BCUT2D eigenvalue weighted by Crippen LogP contribution is 2.27. The maximum atomic E-state index is 13.0. The summed E-state index contributed by atoms with van der Waals surface area (Å²) in [4.78, 5) is 19.4. The summed E-state index contributed by atoms with van der Waals surface area (Å²) in [6.45, 7) is 1.87. The molecule has 0 aliphatic heterocycles. The fraction of sp³-hybridized carbons (Fsp3) is 0.526. The third-order valence-electron chi connectivity index (χ3n) is 4.73. The first-order valence-electron chi connectivity index (χ1n) is 8.92. The van der Waals surface area contributed by atoms with Crippen molar-refractivity contribution in [3.8, 4) is 0 Å². The molecule has 1 aliphatic rings. The minimum Gasteiger partial charge on any atom is -0.361 e. The average molecular weight is 359 g/mol. The van der Waals surface area contributed by atoms with E-state index in [1.54, 1.807) is 6.20 Å². The summed E-state index contributed by atoms with van der Waals surface area (Å²) in [6.07, 6.45) is 8.92. The Bertz CT molecular complexity index is 708. The molecule has 0 unspecified atom stereocenters. The van der Waals surface area contributed by atoms with Gasteiger partial charge in [0, 0.05) is 31.1 Å². The van der Waals surface area contributed by atoms with Crippen molar-refractivity contribution in [2.24, 2.45) is 0 Å². The molecular weight excluding hydrogens is 334 g/mol. The van der Waals surface area contributed by atoms with Crippen LogP contribution in [0.15, 0.2) is 33.9 Å². The molecule has 3 rings (SSSR count). The van der Waals surface area contributed by atoms with Gasteiger partial charge in [-0.1, -0.05) is 42.6 Å². The van der Waals surface area contributed by atoms with Gasteiger partial charge in [-0.2, -0.15) is 0 Å². The molecule has 0 spiro atoms. The van der Waals surface area contributed by atoms with Crippen LogP contribution in [0.1, 0.15) is 60.3 Å². The van der Waals surface area contributed by atoms with E-state index in [0.29, 0.717) is 17.4 Å². The molecule has 2 heterocycles. The molecule has 134 valence electrons. The lowest BCUT2D eigenvalue weighted by molar-refractivity contribution is 0.0713. The van der Waals surface area contributed by atoms with E-state index in [-0.39, 0.29) is 5.91 Å². The van der Waals surface area contributed by atoms with Gasteiger partial charge in [-0.3, -0.25) is 4.79 Å². The summed E-state index contributed by atoms with van der Waals surface area (Å²) in [6, 6.07) is 5.96. The van der Waals surface area contributed by atoms with E-state index in [0.717, 1.165) is 29.3 Å². The van der Waals surface area contributed by atoms with Gasteiger partial charge in [-0.05, 0) is 31.9 Å². The monoisotopic (exact) mass is 359 g/mol. The second kappa shape index (κ2) is 8.52. The van der Waals surface area contributed by atoms with Crippen LogP contribution in [0.2, 0.25) is 0 Å². The molecule has 6 heteroatoms. The number of nitrogens with zero attached hydrogens (tertiary/aromatic N) is 3. The number of pyridine rings is 1. The molecule has 0 atom stereocenters. The molecular formula is C19H25N3O2S. The molecule has 0 radical (unpaired) electrons. The van der Waals surface area contributed by atoms with E-state index in [4.69, 9.17) is 4.52 Å². The van der Waals surface area contributed by atoms with Gasteiger partial charge < -0.3 is 9.42 Å². The predicted molar refractivity (Wildman–Crippen MR) is 98.6 cm³/mol. The molecule has 1 fully saturated rings. The summed E-state index contributed by atoms with van der Waals surface area (Å²) in [5.41, 5.74) is 1.54. The lowest BCUT2D eigenvalue weighted by atomic mass is 10.1. The van der Waals surface area contributed by atoms with Crippen LogP contribution in [0.25, 0.3) is 0 Å². The summed E-state index contributed by atoms with van der Waals surface area (Å²) >= 11 is 1.53. The molecule has 1 amide bonds. The molecule has 2 aromatic rings. The largest absolute Gasteiger partial charge is 0.361 e. The van der Waals surface area contributed by atoms with E-state index in [2.05, 4.69) is 10.1 Å². The molecule has 25 heavy (non-hydrogen) atoms. The van der Waals surface area contributed by atoms with Gasteiger partial charge in [0.15, 0.2) is 0 Å². The molecule has 1 saturated carbocycles. The lowest BCUT2D eigenvalue weighted by Gasteiger charge is -2.27. The summed E-state index contributed by atoms with van der Waals surface area (Å²) in [7, 11) is 1.93. The first kappa shape index (κ1) is 18.0. The topological polar surface area (TPSA) is 59.2 Å². The van der Waals surface area contributed by atoms with Crippen LogP contribution in [0.5, 0.6) is 0 Å². The fourth-order valence-electron chi connectivity index (χ4n) is 3.30. The number of thioether (sulfide) groups is 1. The Morgan fingerprint density at radius 2 is 2.08 bits per heavy atom. The highest BCUT2D eigenvalue weighted by Gasteiger charge is 2.24. The zero-order valence-electron chi connectivity index (χ0n) is 14.9. The highest BCUT2D eigenvalue weighted by molar-refractivity contribution is 7.98. The Morgan fingerprint density at radius 3 is 2.76 bits per heavy atom. The van der Waals surface area contributed by atoms with Crippen LogP contribution in [-0.2, 0) is 5.75 Å². The SMILES string of the molecule is Cc1cc(CSc2ncccc2C(=O)N(C)C2CCCCCC2)no1. The molecule has 5 nitrogen and oxygen atoms in total. The van der Waals surface area contributed by atoms with Crippen molar-refractivity contribution in [2.75, 3.05) is 7.05 Å². The van der Waals surface area contributed by atoms with Crippen molar-refractivity contribution in [3.05, 3.63) is 41.4 Å². The number of aryl methyl sites for hydroxylation is 1. The zero-order chi connectivity index (χ0) is 17.6. The van der Waals surface area contributed by atoms with Crippen molar-refractivity contribution in [2.45, 2.75) is 62.3 Å². The number of rotatable bonds is 5. The number of carbonyl (C=O) groups is 1. The molecule has 1 aliphatic carbocycles. The second-order valence-corrected chi connectivity index (χ2v) is 7.60. The van der Waals surface area contributed by atoms with Crippen LogP contribution in [0.3, 0.4) is 0 Å². The van der Waals surface area contributed by atoms with Gasteiger partial charge in [-0.25, -0.2) is 4.98 Å². The average Bonchev–Trinajstić information content (AvgIpc) is 2.87. The standard InChI is InChI=1S/C19H25N3O2S/c1-14-12-15(21-24-14)13-25-18-17(10-7-11-20-18)19(23)22(2)16-8-5-3-4-6-9-16/h7,10-12,16H,3-6,8-9,13H2,1-2H3.